The first kappa shape index (κ1) is 16.5. The molecule has 2 rings (SSSR count). The topological polar surface area (TPSA) is 65.2 Å². The van der Waals surface area contributed by atoms with Gasteiger partial charge >= 0.3 is 0 Å². The Bertz CT molecular complexity index is 716. The number of aromatic nitrogens is 1. The molecule has 1 aromatic heterocycles. The van der Waals surface area contributed by atoms with Gasteiger partial charge in [-0.3, -0.25) is 9.59 Å². The summed E-state index contributed by atoms with van der Waals surface area (Å²) in [6.07, 6.45) is 0. The molecule has 2 aromatic rings. The molecule has 0 bridgehead atoms. The first-order valence-electron chi connectivity index (χ1n) is 7.00. The average molecular weight is 366 g/mol. The van der Waals surface area contributed by atoms with Crippen LogP contribution in [-0.4, -0.2) is 40.8 Å². The molecule has 22 heavy (non-hydrogen) atoms. The van der Waals surface area contributed by atoms with Crippen molar-refractivity contribution >= 4 is 38.6 Å². The van der Waals surface area contributed by atoms with E-state index in [0.29, 0.717) is 5.69 Å². The number of nitrogens with zero attached hydrogens (tertiary/aromatic N) is 1. The summed E-state index contributed by atoms with van der Waals surface area (Å²) in [5.74, 6) is -0.390. The van der Waals surface area contributed by atoms with Gasteiger partial charge in [0.2, 0.25) is 5.91 Å². The van der Waals surface area contributed by atoms with Crippen molar-refractivity contribution in [1.29, 1.82) is 0 Å². The van der Waals surface area contributed by atoms with E-state index in [1.807, 2.05) is 39.0 Å². The molecular formula is C16H20BrN3O2. The lowest BCUT2D eigenvalue weighted by Crippen LogP contribution is -2.46. The fraction of sp³-hybridized carbons (Fsp3) is 0.375. The minimum atomic E-state index is -0.311. The van der Waals surface area contributed by atoms with Gasteiger partial charge in [-0.15, -0.1) is 0 Å². The zero-order chi connectivity index (χ0) is 16.5. The third-order valence-corrected chi connectivity index (χ3v) is 3.55. The number of benzene rings is 1. The van der Waals surface area contributed by atoms with Gasteiger partial charge < -0.3 is 15.2 Å². The lowest BCUT2D eigenvalue weighted by molar-refractivity contribution is -0.122. The Morgan fingerprint density at radius 1 is 1.27 bits per heavy atom. The Morgan fingerprint density at radius 2 is 1.95 bits per heavy atom. The Kier molecular flexibility index (Phi) is 4.60. The molecule has 0 aliphatic rings. The van der Waals surface area contributed by atoms with E-state index in [-0.39, 0.29) is 23.9 Å². The molecule has 0 aliphatic heterocycles. The minimum Gasteiger partial charge on any atom is -0.351 e. The van der Waals surface area contributed by atoms with Crippen molar-refractivity contribution in [2.45, 2.75) is 26.3 Å². The number of halogens is 1. The maximum atomic E-state index is 12.4. The smallest absolute Gasteiger partial charge is 0.270 e. The summed E-state index contributed by atoms with van der Waals surface area (Å²) in [7, 11) is 1.62. The van der Waals surface area contributed by atoms with Crippen molar-refractivity contribution in [3.05, 3.63) is 34.4 Å². The summed E-state index contributed by atoms with van der Waals surface area (Å²) in [6.45, 7) is 5.74. The van der Waals surface area contributed by atoms with Crippen LogP contribution in [0.4, 0.5) is 0 Å². The van der Waals surface area contributed by atoms with Gasteiger partial charge in [0.05, 0.1) is 6.54 Å². The quantitative estimate of drug-likeness (QED) is 0.877. The summed E-state index contributed by atoms with van der Waals surface area (Å²) in [5, 5.41) is 3.79. The summed E-state index contributed by atoms with van der Waals surface area (Å²) in [4.78, 5) is 28.8. The van der Waals surface area contributed by atoms with Crippen LogP contribution < -0.4 is 5.32 Å². The number of fused-ring (bicyclic) bond motifs is 1. The molecule has 1 heterocycles. The van der Waals surface area contributed by atoms with Crippen molar-refractivity contribution < 1.29 is 9.59 Å². The highest BCUT2D eigenvalue weighted by Gasteiger charge is 2.19. The molecule has 0 fully saturated rings. The first-order valence-corrected chi connectivity index (χ1v) is 7.80. The second-order valence-corrected chi connectivity index (χ2v) is 7.29. The summed E-state index contributed by atoms with van der Waals surface area (Å²) < 4.78 is 0.955. The molecule has 0 aliphatic carbocycles. The number of hydrogen-bond donors (Lipinski definition) is 2. The fourth-order valence-electron chi connectivity index (χ4n) is 2.17. The third-order valence-electron chi connectivity index (χ3n) is 3.06. The van der Waals surface area contributed by atoms with Crippen molar-refractivity contribution in [3.8, 4) is 0 Å². The molecule has 6 heteroatoms. The van der Waals surface area contributed by atoms with Gasteiger partial charge in [0.1, 0.15) is 5.69 Å². The number of aromatic amines is 1. The van der Waals surface area contributed by atoms with Crippen molar-refractivity contribution in [2.24, 2.45) is 0 Å². The molecule has 0 unspecified atom stereocenters. The lowest BCUT2D eigenvalue weighted by atomic mass is 10.1. The Balaban J connectivity index is 2.10. The Labute approximate surface area is 138 Å². The van der Waals surface area contributed by atoms with Gasteiger partial charge in [0, 0.05) is 28.0 Å². The Morgan fingerprint density at radius 3 is 2.59 bits per heavy atom. The zero-order valence-corrected chi connectivity index (χ0v) is 14.7. The van der Waals surface area contributed by atoms with E-state index < -0.39 is 0 Å². The Hall–Kier alpha value is -1.82. The summed E-state index contributed by atoms with van der Waals surface area (Å²) in [5.41, 5.74) is 1.05. The highest BCUT2D eigenvalue weighted by Crippen LogP contribution is 2.21. The largest absolute Gasteiger partial charge is 0.351 e. The number of nitrogens with one attached hydrogen (secondary N) is 2. The standard InChI is InChI=1S/C16H20BrN3O2/c1-16(2,3)19-14(21)9-20(4)15(22)13-8-10-7-11(17)5-6-12(10)18-13/h5-8,18H,9H2,1-4H3,(H,19,21). The lowest BCUT2D eigenvalue weighted by Gasteiger charge is -2.23. The van der Waals surface area contributed by atoms with E-state index in [9.17, 15) is 9.59 Å². The van der Waals surface area contributed by atoms with E-state index >= 15 is 0 Å². The monoisotopic (exact) mass is 365 g/mol. The molecule has 0 atom stereocenters. The van der Waals surface area contributed by atoms with E-state index in [0.717, 1.165) is 15.4 Å². The highest BCUT2D eigenvalue weighted by molar-refractivity contribution is 9.10. The fourth-order valence-corrected chi connectivity index (χ4v) is 2.55. The minimum absolute atomic E-state index is 0.0230. The molecule has 0 radical (unpaired) electrons. The van der Waals surface area contributed by atoms with Crippen LogP contribution in [0.3, 0.4) is 0 Å². The highest BCUT2D eigenvalue weighted by atomic mass is 79.9. The molecule has 1 aromatic carbocycles. The van der Waals surface area contributed by atoms with Gasteiger partial charge in [0.25, 0.3) is 5.91 Å². The maximum Gasteiger partial charge on any atom is 0.270 e. The molecule has 2 amide bonds. The van der Waals surface area contributed by atoms with E-state index in [4.69, 9.17) is 0 Å². The molecule has 5 nitrogen and oxygen atoms in total. The van der Waals surface area contributed by atoms with Crippen LogP contribution in [0.2, 0.25) is 0 Å². The van der Waals surface area contributed by atoms with Crippen LogP contribution >= 0.6 is 15.9 Å². The van der Waals surface area contributed by atoms with Crippen molar-refractivity contribution in [1.82, 2.24) is 15.2 Å². The van der Waals surface area contributed by atoms with Gasteiger partial charge in [-0.05, 0) is 45.0 Å². The summed E-state index contributed by atoms with van der Waals surface area (Å²) in [6, 6.07) is 7.55. The van der Waals surface area contributed by atoms with Crippen LogP contribution in [0.1, 0.15) is 31.3 Å². The number of carbonyl (C=O) groups excluding carboxylic acids is 2. The van der Waals surface area contributed by atoms with E-state index in [1.165, 1.54) is 4.90 Å². The van der Waals surface area contributed by atoms with Crippen molar-refractivity contribution in [3.63, 3.8) is 0 Å². The molecule has 0 saturated carbocycles. The summed E-state index contributed by atoms with van der Waals surface area (Å²) >= 11 is 3.41. The third kappa shape index (κ3) is 4.10. The van der Waals surface area contributed by atoms with Gasteiger partial charge in [-0.2, -0.15) is 0 Å². The van der Waals surface area contributed by atoms with Crippen LogP contribution in [0.5, 0.6) is 0 Å². The number of rotatable bonds is 3. The first-order chi connectivity index (χ1) is 10.2. The number of likely N-dealkylation sites (N-methyl/N-ethyl adjacent to an activating group) is 1. The normalized spacial score (nSPS) is 11.5. The molecule has 118 valence electrons. The van der Waals surface area contributed by atoms with Crippen molar-refractivity contribution in [2.75, 3.05) is 13.6 Å². The molecule has 0 spiro atoms. The molecule has 2 N–H and O–H groups in total. The predicted octanol–water partition coefficient (Wildman–Crippen LogP) is 2.92. The molecular weight excluding hydrogens is 346 g/mol. The number of amides is 2. The van der Waals surface area contributed by atoms with Gasteiger partial charge in [-0.1, -0.05) is 15.9 Å². The predicted molar refractivity (Wildman–Crippen MR) is 90.9 cm³/mol. The molecule has 0 saturated heterocycles. The SMILES string of the molecule is CN(CC(=O)NC(C)(C)C)C(=O)c1cc2cc(Br)ccc2[nH]1. The number of carbonyl (C=O) groups is 2. The number of hydrogen-bond acceptors (Lipinski definition) is 2. The average Bonchev–Trinajstić information content (AvgIpc) is 2.77. The van der Waals surface area contributed by atoms with Gasteiger partial charge in [-0.25, -0.2) is 0 Å². The zero-order valence-electron chi connectivity index (χ0n) is 13.2. The van der Waals surface area contributed by atoms with Crippen LogP contribution in [0.15, 0.2) is 28.7 Å². The number of H-pyrrole nitrogens is 1. The van der Waals surface area contributed by atoms with Crippen LogP contribution in [0, 0.1) is 0 Å². The van der Waals surface area contributed by atoms with Crippen LogP contribution in [0.25, 0.3) is 10.9 Å². The second-order valence-electron chi connectivity index (χ2n) is 6.37. The van der Waals surface area contributed by atoms with E-state index in [1.54, 1.807) is 13.1 Å². The van der Waals surface area contributed by atoms with E-state index in [2.05, 4.69) is 26.2 Å². The maximum absolute atomic E-state index is 12.4. The van der Waals surface area contributed by atoms with Crippen LogP contribution in [-0.2, 0) is 4.79 Å². The van der Waals surface area contributed by atoms with Gasteiger partial charge in [0.15, 0.2) is 0 Å². The second kappa shape index (κ2) is 6.12.